The van der Waals surface area contributed by atoms with Crippen LogP contribution >= 0.6 is 12.4 Å². The van der Waals surface area contributed by atoms with E-state index in [9.17, 15) is 4.79 Å². The van der Waals surface area contributed by atoms with Gasteiger partial charge >= 0.3 is 0 Å². The average Bonchev–Trinajstić information content (AvgIpc) is 3.20. The van der Waals surface area contributed by atoms with Crippen LogP contribution in [0.2, 0.25) is 0 Å². The zero-order valence-electron chi connectivity index (χ0n) is 13.1. The van der Waals surface area contributed by atoms with Gasteiger partial charge in [-0.1, -0.05) is 12.1 Å². The minimum atomic E-state index is 0. The van der Waals surface area contributed by atoms with Crippen LogP contribution in [0.25, 0.3) is 0 Å². The van der Waals surface area contributed by atoms with Crippen LogP contribution in [0, 0.1) is 11.3 Å². The molecule has 2 fully saturated rings. The van der Waals surface area contributed by atoms with E-state index in [1.807, 2.05) is 31.2 Å². The molecule has 1 amide bonds. The molecule has 1 saturated carbocycles. The van der Waals surface area contributed by atoms with E-state index in [4.69, 9.17) is 4.74 Å². The lowest BCUT2D eigenvalue weighted by Gasteiger charge is -2.23. The SMILES string of the molecule is CCOc1ccc(CNC(=O)C2CC23CCNCC3)cc1.Cl. The highest BCUT2D eigenvalue weighted by Gasteiger charge is 2.57. The molecule has 4 nitrogen and oxygen atoms in total. The standard InChI is InChI=1S/C17H24N2O2.ClH/c1-2-21-14-5-3-13(4-6-14)12-19-16(20)15-11-17(15)7-9-18-10-8-17;/h3-6,15,18H,2,7-12H2,1H3,(H,19,20);1H. The Morgan fingerprint density at radius 2 is 2.00 bits per heavy atom. The Balaban J connectivity index is 0.00000176. The topological polar surface area (TPSA) is 50.4 Å². The largest absolute Gasteiger partial charge is 0.494 e. The molecule has 0 aromatic heterocycles. The second-order valence-electron chi connectivity index (χ2n) is 6.16. The lowest BCUT2D eigenvalue weighted by atomic mass is 9.92. The summed E-state index contributed by atoms with van der Waals surface area (Å²) in [6.45, 7) is 5.37. The summed E-state index contributed by atoms with van der Waals surface area (Å²) in [6.07, 6.45) is 3.37. The Bertz CT molecular complexity index is 498. The maximum absolute atomic E-state index is 12.3. The zero-order chi connectivity index (χ0) is 14.7. The summed E-state index contributed by atoms with van der Waals surface area (Å²) in [4.78, 5) is 12.3. The van der Waals surface area contributed by atoms with Crippen molar-refractivity contribution in [3.63, 3.8) is 0 Å². The van der Waals surface area contributed by atoms with Crippen LogP contribution in [0.1, 0.15) is 31.7 Å². The summed E-state index contributed by atoms with van der Waals surface area (Å²) >= 11 is 0. The second-order valence-corrected chi connectivity index (χ2v) is 6.16. The molecular formula is C17H25ClN2O2. The number of piperidine rings is 1. The minimum Gasteiger partial charge on any atom is -0.494 e. The fraction of sp³-hybridized carbons (Fsp3) is 0.588. The molecule has 1 aliphatic heterocycles. The first-order valence-corrected chi connectivity index (χ1v) is 7.94. The molecule has 1 aromatic rings. The van der Waals surface area contributed by atoms with Crippen LogP contribution in [0.15, 0.2) is 24.3 Å². The highest BCUT2D eigenvalue weighted by Crippen LogP contribution is 2.58. The number of ether oxygens (including phenoxy) is 1. The van der Waals surface area contributed by atoms with Gasteiger partial charge in [0.2, 0.25) is 5.91 Å². The van der Waals surface area contributed by atoms with Crippen molar-refractivity contribution in [2.45, 2.75) is 32.7 Å². The molecule has 1 spiro atoms. The van der Waals surface area contributed by atoms with Gasteiger partial charge in [-0.15, -0.1) is 12.4 Å². The molecule has 1 saturated heterocycles. The van der Waals surface area contributed by atoms with Crippen molar-refractivity contribution in [3.05, 3.63) is 29.8 Å². The normalized spacial score (nSPS) is 21.8. The maximum atomic E-state index is 12.3. The van der Waals surface area contributed by atoms with Crippen molar-refractivity contribution in [2.75, 3.05) is 19.7 Å². The van der Waals surface area contributed by atoms with Gasteiger partial charge in [0.15, 0.2) is 0 Å². The number of carbonyl (C=O) groups excluding carboxylic acids is 1. The Labute approximate surface area is 138 Å². The van der Waals surface area contributed by atoms with Crippen molar-refractivity contribution in [1.82, 2.24) is 10.6 Å². The van der Waals surface area contributed by atoms with Crippen molar-refractivity contribution in [3.8, 4) is 5.75 Å². The Morgan fingerprint density at radius 3 is 2.64 bits per heavy atom. The number of halogens is 1. The smallest absolute Gasteiger partial charge is 0.223 e. The predicted octanol–water partition coefficient (Wildman–Crippen LogP) is 2.51. The first kappa shape index (κ1) is 17.1. The van der Waals surface area contributed by atoms with E-state index in [1.54, 1.807) is 0 Å². The van der Waals surface area contributed by atoms with E-state index in [2.05, 4.69) is 10.6 Å². The van der Waals surface area contributed by atoms with E-state index in [0.717, 1.165) is 43.7 Å². The van der Waals surface area contributed by atoms with Gasteiger partial charge in [0.05, 0.1) is 6.61 Å². The van der Waals surface area contributed by atoms with E-state index in [0.29, 0.717) is 18.6 Å². The molecule has 1 aromatic carbocycles. The summed E-state index contributed by atoms with van der Waals surface area (Å²) in [5.74, 6) is 1.34. The lowest BCUT2D eigenvalue weighted by Crippen LogP contribution is -2.33. The summed E-state index contributed by atoms with van der Waals surface area (Å²) in [5, 5.41) is 6.45. The number of nitrogens with one attached hydrogen (secondary N) is 2. The Kier molecular flexibility index (Phi) is 5.70. The fourth-order valence-electron chi connectivity index (χ4n) is 3.38. The molecule has 3 rings (SSSR count). The number of carbonyl (C=O) groups is 1. The third-order valence-electron chi connectivity index (χ3n) is 4.81. The molecule has 0 bridgehead atoms. The quantitative estimate of drug-likeness (QED) is 0.875. The number of hydrogen-bond acceptors (Lipinski definition) is 3. The van der Waals surface area contributed by atoms with Crippen LogP contribution in [0.5, 0.6) is 5.75 Å². The van der Waals surface area contributed by atoms with Gasteiger partial charge in [0.1, 0.15) is 5.75 Å². The van der Waals surface area contributed by atoms with E-state index in [-0.39, 0.29) is 24.2 Å². The van der Waals surface area contributed by atoms with E-state index < -0.39 is 0 Å². The third-order valence-corrected chi connectivity index (χ3v) is 4.81. The monoisotopic (exact) mass is 324 g/mol. The van der Waals surface area contributed by atoms with E-state index >= 15 is 0 Å². The van der Waals surface area contributed by atoms with Gasteiger partial charge in [-0.05, 0) is 62.4 Å². The third kappa shape index (κ3) is 3.73. The van der Waals surface area contributed by atoms with Crippen LogP contribution in [0.3, 0.4) is 0 Å². The number of amides is 1. The minimum absolute atomic E-state index is 0. The zero-order valence-corrected chi connectivity index (χ0v) is 13.9. The van der Waals surface area contributed by atoms with Crippen molar-refractivity contribution < 1.29 is 9.53 Å². The summed E-state index contributed by atoms with van der Waals surface area (Å²) in [5.41, 5.74) is 1.43. The highest BCUT2D eigenvalue weighted by molar-refractivity contribution is 5.85. The molecule has 2 aliphatic rings. The molecule has 1 unspecified atom stereocenters. The van der Waals surface area contributed by atoms with Gasteiger partial charge in [-0.25, -0.2) is 0 Å². The van der Waals surface area contributed by atoms with Crippen molar-refractivity contribution in [2.24, 2.45) is 11.3 Å². The molecule has 5 heteroatoms. The molecule has 1 aliphatic carbocycles. The summed E-state index contributed by atoms with van der Waals surface area (Å²) in [7, 11) is 0. The molecule has 22 heavy (non-hydrogen) atoms. The van der Waals surface area contributed by atoms with Gasteiger partial charge in [0, 0.05) is 12.5 Å². The van der Waals surface area contributed by atoms with Crippen LogP contribution in [-0.4, -0.2) is 25.6 Å². The molecule has 1 heterocycles. The Hall–Kier alpha value is -1.26. The van der Waals surface area contributed by atoms with Crippen molar-refractivity contribution in [1.29, 1.82) is 0 Å². The Morgan fingerprint density at radius 1 is 1.32 bits per heavy atom. The van der Waals surface area contributed by atoms with Crippen LogP contribution < -0.4 is 15.4 Å². The molecule has 0 radical (unpaired) electrons. The first-order chi connectivity index (χ1) is 10.2. The van der Waals surface area contributed by atoms with E-state index in [1.165, 1.54) is 0 Å². The van der Waals surface area contributed by atoms with Crippen molar-refractivity contribution >= 4 is 18.3 Å². The van der Waals surface area contributed by atoms with Gasteiger partial charge in [0.25, 0.3) is 0 Å². The molecular weight excluding hydrogens is 300 g/mol. The highest BCUT2D eigenvalue weighted by atomic mass is 35.5. The number of rotatable bonds is 5. The molecule has 2 N–H and O–H groups in total. The molecule has 1 atom stereocenters. The summed E-state index contributed by atoms with van der Waals surface area (Å²) < 4.78 is 5.42. The van der Waals surface area contributed by atoms with Crippen LogP contribution in [0.4, 0.5) is 0 Å². The maximum Gasteiger partial charge on any atom is 0.223 e. The summed E-state index contributed by atoms with van der Waals surface area (Å²) in [6, 6.07) is 7.93. The van der Waals surface area contributed by atoms with Gasteiger partial charge in [-0.3, -0.25) is 4.79 Å². The first-order valence-electron chi connectivity index (χ1n) is 7.94. The second kappa shape index (κ2) is 7.34. The van der Waals surface area contributed by atoms with Crippen LogP contribution in [-0.2, 0) is 11.3 Å². The van der Waals surface area contributed by atoms with Gasteiger partial charge < -0.3 is 15.4 Å². The lowest BCUT2D eigenvalue weighted by molar-refractivity contribution is -0.123. The molecule has 122 valence electrons. The number of hydrogen-bond donors (Lipinski definition) is 2. The van der Waals surface area contributed by atoms with Gasteiger partial charge in [-0.2, -0.15) is 0 Å². The average molecular weight is 325 g/mol. The fourth-order valence-corrected chi connectivity index (χ4v) is 3.38. The number of benzene rings is 1. The predicted molar refractivity (Wildman–Crippen MR) is 89.3 cm³/mol.